The third-order valence-electron chi connectivity index (χ3n) is 3.53. The monoisotopic (exact) mass is 304 g/mol. The Balaban J connectivity index is 0.00000200. The Morgan fingerprint density at radius 3 is 2.65 bits per heavy atom. The largest absolute Gasteiger partial charge is 0.353 e. The van der Waals surface area contributed by atoms with Gasteiger partial charge in [0.15, 0.2) is 0 Å². The van der Waals surface area contributed by atoms with Crippen molar-refractivity contribution in [1.82, 2.24) is 10.6 Å². The lowest BCUT2D eigenvalue weighted by molar-refractivity contribution is -0.121. The molecule has 2 unspecified atom stereocenters. The number of hydrogen-bond acceptors (Lipinski definition) is 2. The second-order valence-corrected chi connectivity index (χ2v) is 5.02. The van der Waals surface area contributed by atoms with E-state index in [9.17, 15) is 13.6 Å². The molecule has 1 aliphatic rings. The van der Waals surface area contributed by atoms with Gasteiger partial charge in [0.25, 0.3) is 0 Å². The molecule has 1 saturated heterocycles. The van der Waals surface area contributed by atoms with Gasteiger partial charge in [-0.3, -0.25) is 4.79 Å². The summed E-state index contributed by atoms with van der Waals surface area (Å²) >= 11 is 0. The Morgan fingerprint density at radius 2 is 2.05 bits per heavy atom. The standard InChI is InChI=1S/C14H18F2N2O.ClH/c1-9-8-17-6-5-13(9)18-14(19)7-10-11(15)3-2-4-12(10)16;/h2-4,9,13,17H,5-8H2,1H3,(H,18,19);1H. The molecule has 0 aliphatic carbocycles. The molecule has 1 fully saturated rings. The highest BCUT2D eigenvalue weighted by Crippen LogP contribution is 2.14. The van der Waals surface area contributed by atoms with E-state index in [0.29, 0.717) is 5.92 Å². The van der Waals surface area contributed by atoms with Crippen LogP contribution in [0.2, 0.25) is 0 Å². The van der Waals surface area contributed by atoms with E-state index >= 15 is 0 Å². The van der Waals surface area contributed by atoms with Crippen LogP contribution in [0.3, 0.4) is 0 Å². The SMILES string of the molecule is CC1CNCCC1NC(=O)Cc1c(F)cccc1F.Cl. The second kappa shape index (κ2) is 7.55. The topological polar surface area (TPSA) is 41.1 Å². The highest BCUT2D eigenvalue weighted by Gasteiger charge is 2.23. The molecule has 0 bridgehead atoms. The van der Waals surface area contributed by atoms with Crippen LogP contribution in [0.25, 0.3) is 0 Å². The molecule has 0 saturated carbocycles. The number of rotatable bonds is 3. The first-order chi connectivity index (χ1) is 9.08. The van der Waals surface area contributed by atoms with Gasteiger partial charge in [0, 0.05) is 11.6 Å². The van der Waals surface area contributed by atoms with Gasteiger partial charge in [-0.15, -0.1) is 12.4 Å². The highest BCUT2D eigenvalue weighted by atomic mass is 35.5. The lowest BCUT2D eigenvalue weighted by atomic mass is 9.95. The number of hydrogen-bond donors (Lipinski definition) is 2. The van der Waals surface area contributed by atoms with E-state index in [1.54, 1.807) is 0 Å². The number of nitrogens with one attached hydrogen (secondary N) is 2. The van der Waals surface area contributed by atoms with Gasteiger partial charge >= 0.3 is 0 Å². The lowest BCUT2D eigenvalue weighted by Gasteiger charge is -2.30. The number of piperidine rings is 1. The average Bonchev–Trinajstić information content (AvgIpc) is 2.37. The van der Waals surface area contributed by atoms with Crippen LogP contribution < -0.4 is 10.6 Å². The fraction of sp³-hybridized carbons (Fsp3) is 0.500. The third kappa shape index (κ3) is 4.15. The zero-order chi connectivity index (χ0) is 13.8. The zero-order valence-corrected chi connectivity index (χ0v) is 12.1. The number of carbonyl (C=O) groups is 1. The van der Waals surface area contributed by atoms with Gasteiger partial charge in [0.05, 0.1) is 6.42 Å². The summed E-state index contributed by atoms with van der Waals surface area (Å²) in [5.41, 5.74) is -0.165. The van der Waals surface area contributed by atoms with Gasteiger partial charge in [0.2, 0.25) is 5.91 Å². The highest BCUT2D eigenvalue weighted by molar-refractivity contribution is 5.85. The maximum absolute atomic E-state index is 13.4. The predicted molar refractivity (Wildman–Crippen MR) is 75.9 cm³/mol. The van der Waals surface area contributed by atoms with Crippen LogP contribution >= 0.6 is 12.4 Å². The summed E-state index contributed by atoms with van der Waals surface area (Å²) in [7, 11) is 0. The molecular weight excluding hydrogens is 286 g/mol. The summed E-state index contributed by atoms with van der Waals surface area (Å²) in [6.07, 6.45) is 0.585. The number of benzene rings is 1. The second-order valence-electron chi connectivity index (χ2n) is 5.02. The summed E-state index contributed by atoms with van der Waals surface area (Å²) in [6.45, 7) is 3.74. The summed E-state index contributed by atoms with van der Waals surface area (Å²) in [4.78, 5) is 11.9. The van der Waals surface area contributed by atoms with E-state index < -0.39 is 11.6 Å². The summed E-state index contributed by atoms with van der Waals surface area (Å²) in [6, 6.07) is 3.70. The molecule has 0 spiro atoms. The van der Waals surface area contributed by atoms with Gasteiger partial charge in [-0.1, -0.05) is 13.0 Å². The Labute approximate surface area is 123 Å². The smallest absolute Gasteiger partial charge is 0.224 e. The van der Waals surface area contributed by atoms with Crippen LogP contribution in [-0.2, 0) is 11.2 Å². The van der Waals surface area contributed by atoms with E-state index in [1.807, 2.05) is 6.92 Å². The van der Waals surface area contributed by atoms with Crippen molar-refractivity contribution in [1.29, 1.82) is 0 Å². The maximum atomic E-state index is 13.4. The van der Waals surface area contributed by atoms with Crippen molar-refractivity contribution in [2.75, 3.05) is 13.1 Å². The van der Waals surface area contributed by atoms with Crippen molar-refractivity contribution in [3.63, 3.8) is 0 Å². The van der Waals surface area contributed by atoms with E-state index in [2.05, 4.69) is 10.6 Å². The Morgan fingerprint density at radius 1 is 1.40 bits per heavy atom. The van der Waals surface area contributed by atoms with Crippen LogP contribution in [0.15, 0.2) is 18.2 Å². The van der Waals surface area contributed by atoms with E-state index in [1.165, 1.54) is 18.2 Å². The molecule has 2 rings (SSSR count). The third-order valence-corrected chi connectivity index (χ3v) is 3.53. The van der Waals surface area contributed by atoms with Crippen LogP contribution in [0, 0.1) is 17.6 Å². The van der Waals surface area contributed by atoms with E-state index in [0.717, 1.165) is 19.5 Å². The number of carbonyl (C=O) groups excluding carboxylic acids is 1. The molecule has 6 heteroatoms. The first-order valence-electron chi connectivity index (χ1n) is 6.51. The molecule has 1 heterocycles. The normalized spacial score (nSPS) is 21.9. The first kappa shape index (κ1) is 16.9. The van der Waals surface area contributed by atoms with Gasteiger partial charge < -0.3 is 10.6 Å². The first-order valence-corrected chi connectivity index (χ1v) is 6.51. The van der Waals surface area contributed by atoms with Crippen LogP contribution in [0.5, 0.6) is 0 Å². The average molecular weight is 305 g/mol. The quantitative estimate of drug-likeness (QED) is 0.897. The van der Waals surface area contributed by atoms with Crippen LogP contribution in [0.1, 0.15) is 18.9 Å². The Hall–Kier alpha value is -1.20. The van der Waals surface area contributed by atoms with Crippen LogP contribution in [0.4, 0.5) is 8.78 Å². The Bertz CT molecular complexity index is 450. The van der Waals surface area contributed by atoms with E-state index in [-0.39, 0.29) is 36.3 Å². The molecule has 0 radical (unpaired) electrons. The summed E-state index contributed by atoms with van der Waals surface area (Å²) < 4.78 is 26.9. The minimum atomic E-state index is -0.673. The molecule has 1 aromatic rings. The molecule has 0 aromatic heterocycles. The van der Waals surface area contributed by atoms with Gasteiger partial charge in [0.1, 0.15) is 11.6 Å². The zero-order valence-electron chi connectivity index (χ0n) is 11.3. The van der Waals surface area contributed by atoms with Crippen molar-refractivity contribution in [3.8, 4) is 0 Å². The van der Waals surface area contributed by atoms with Crippen molar-refractivity contribution in [2.45, 2.75) is 25.8 Å². The minimum absolute atomic E-state index is 0. The number of amides is 1. The van der Waals surface area contributed by atoms with Gasteiger partial charge in [-0.05, 0) is 37.6 Å². The molecule has 1 aromatic carbocycles. The molecule has 3 nitrogen and oxygen atoms in total. The van der Waals surface area contributed by atoms with Crippen molar-refractivity contribution in [3.05, 3.63) is 35.4 Å². The van der Waals surface area contributed by atoms with Gasteiger partial charge in [-0.25, -0.2) is 8.78 Å². The van der Waals surface area contributed by atoms with Crippen molar-refractivity contribution < 1.29 is 13.6 Å². The molecular formula is C14H19ClF2N2O. The molecule has 112 valence electrons. The molecule has 2 N–H and O–H groups in total. The van der Waals surface area contributed by atoms with Crippen LogP contribution in [-0.4, -0.2) is 25.0 Å². The van der Waals surface area contributed by atoms with Crippen molar-refractivity contribution >= 4 is 18.3 Å². The molecule has 1 amide bonds. The minimum Gasteiger partial charge on any atom is -0.353 e. The predicted octanol–water partition coefficient (Wildman–Crippen LogP) is 2.04. The molecule has 1 aliphatic heterocycles. The fourth-order valence-electron chi connectivity index (χ4n) is 2.35. The number of halogens is 3. The summed E-state index contributed by atoms with van der Waals surface area (Å²) in [5, 5.41) is 6.09. The summed E-state index contributed by atoms with van der Waals surface area (Å²) in [5.74, 6) is -1.35. The van der Waals surface area contributed by atoms with E-state index in [4.69, 9.17) is 0 Å². The maximum Gasteiger partial charge on any atom is 0.224 e. The molecule has 2 atom stereocenters. The van der Waals surface area contributed by atoms with Gasteiger partial charge in [-0.2, -0.15) is 0 Å². The molecule has 20 heavy (non-hydrogen) atoms. The van der Waals surface area contributed by atoms with Crippen molar-refractivity contribution in [2.24, 2.45) is 5.92 Å². The lowest BCUT2D eigenvalue weighted by Crippen LogP contribution is -2.48. The Kier molecular flexibility index (Phi) is 6.36. The fourth-order valence-corrected chi connectivity index (χ4v) is 2.35.